The lowest BCUT2D eigenvalue weighted by Crippen LogP contribution is -2.26. The first kappa shape index (κ1) is 13.1. The molecule has 0 aromatic heterocycles. The molecule has 1 fully saturated rings. The van der Waals surface area contributed by atoms with Crippen molar-refractivity contribution in [1.82, 2.24) is 0 Å². The van der Waals surface area contributed by atoms with Crippen LogP contribution in [0, 0.1) is 0 Å². The summed E-state index contributed by atoms with van der Waals surface area (Å²) in [5.41, 5.74) is 1.14. The van der Waals surface area contributed by atoms with Crippen LogP contribution >= 0.6 is 0 Å². The lowest BCUT2D eigenvalue weighted by Gasteiger charge is -2.17. The molecule has 98 valence electrons. The maximum Gasteiger partial charge on any atom is 0.306 e. The average molecular weight is 248 g/mol. The Hall–Kier alpha value is -1.35. The molecule has 0 spiro atoms. The Kier molecular flexibility index (Phi) is 4.37. The van der Waals surface area contributed by atoms with Gasteiger partial charge in [0.2, 0.25) is 0 Å². The molecule has 1 saturated carbocycles. The molecule has 1 N–H and O–H groups in total. The fourth-order valence-electron chi connectivity index (χ4n) is 2.41. The van der Waals surface area contributed by atoms with Crippen molar-refractivity contribution in [3.05, 3.63) is 35.9 Å². The number of ether oxygens (including phenoxy) is 1. The molecule has 18 heavy (non-hydrogen) atoms. The van der Waals surface area contributed by atoms with Crippen LogP contribution in [0.2, 0.25) is 0 Å². The van der Waals surface area contributed by atoms with Crippen molar-refractivity contribution in [2.75, 3.05) is 0 Å². The van der Waals surface area contributed by atoms with Gasteiger partial charge < -0.3 is 9.84 Å². The highest BCUT2D eigenvalue weighted by atomic mass is 16.6. The van der Waals surface area contributed by atoms with Gasteiger partial charge >= 0.3 is 5.97 Å². The number of rotatable bonds is 4. The van der Waals surface area contributed by atoms with Gasteiger partial charge in [0.15, 0.2) is 0 Å². The van der Waals surface area contributed by atoms with E-state index in [1.54, 1.807) is 0 Å². The van der Waals surface area contributed by atoms with Crippen LogP contribution in [0.25, 0.3) is 0 Å². The molecule has 0 bridgehead atoms. The van der Waals surface area contributed by atoms with Crippen molar-refractivity contribution < 1.29 is 14.6 Å². The first-order valence-electron chi connectivity index (χ1n) is 6.59. The van der Waals surface area contributed by atoms with Crippen LogP contribution in [0.3, 0.4) is 0 Å². The molecular weight excluding hydrogens is 228 g/mol. The Labute approximate surface area is 108 Å². The Morgan fingerprint density at radius 3 is 2.72 bits per heavy atom. The molecule has 0 aliphatic heterocycles. The monoisotopic (exact) mass is 248 g/mol. The number of hydrogen-bond donors (Lipinski definition) is 1. The third-order valence-corrected chi connectivity index (χ3v) is 3.54. The summed E-state index contributed by atoms with van der Waals surface area (Å²) in [5.74, 6) is -0.0606. The van der Waals surface area contributed by atoms with E-state index >= 15 is 0 Å². The maximum absolute atomic E-state index is 11.8. The van der Waals surface area contributed by atoms with Crippen molar-refractivity contribution >= 4 is 5.97 Å². The van der Waals surface area contributed by atoms with Crippen LogP contribution in [-0.4, -0.2) is 23.3 Å². The smallest absolute Gasteiger partial charge is 0.306 e. The normalized spacial score (nSPS) is 24.8. The number of hydrogen-bond acceptors (Lipinski definition) is 3. The second kappa shape index (κ2) is 6.01. The number of benzene rings is 1. The summed E-state index contributed by atoms with van der Waals surface area (Å²) in [6, 6.07) is 9.93. The minimum Gasteiger partial charge on any atom is -0.460 e. The lowest BCUT2D eigenvalue weighted by molar-refractivity contribution is -0.153. The van der Waals surface area contributed by atoms with Gasteiger partial charge in [0, 0.05) is 0 Å². The van der Waals surface area contributed by atoms with E-state index < -0.39 is 6.10 Å². The lowest BCUT2D eigenvalue weighted by atomic mass is 9.98. The Morgan fingerprint density at radius 2 is 2.11 bits per heavy atom. The van der Waals surface area contributed by atoms with E-state index in [0.717, 1.165) is 24.8 Å². The molecular formula is C15H20O3. The van der Waals surface area contributed by atoms with Crippen molar-refractivity contribution in [3.63, 3.8) is 0 Å². The van der Waals surface area contributed by atoms with Crippen molar-refractivity contribution in [2.24, 2.45) is 0 Å². The molecule has 1 aromatic carbocycles. The highest BCUT2D eigenvalue weighted by Gasteiger charge is 2.28. The van der Waals surface area contributed by atoms with Gasteiger partial charge in [0.25, 0.3) is 0 Å². The Morgan fingerprint density at radius 1 is 1.39 bits per heavy atom. The van der Waals surface area contributed by atoms with Gasteiger partial charge in [0.1, 0.15) is 6.10 Å². The van der Waals surface area contributed by atoms with E-state index in [9.17, 15) is 9.90 Å². The summed E-state index contributed by atoms with van der Waals surface area (Å²) in [5, 5.41) is 9.61. The third-order valence-electron chi connectivity index (χ3n) is 3.54. The molecule has 0 radical (unpaired) electrons. The van der Waals surface area contributed by atoms with Crippen LogP contribution in [0.5, 0.6) is 0 Å². The molecule has 3 nitrogen and oxygen atoms in total. The van der Waals surface area contributed by atoms with Crippen molar-refractivity contribution in [2.45, 2.75) is 50.7 Å². The minimum absolute atomic E-state index is 0.150. The summed E-state index contributed by atoms with van der Waals surface area (Å²) < 4.78 is 5.33. The molecule has 3 atom stereocenters. The summed E-state index contributed by atoms with van der Waals surface area (Å²) in [4.78, 5) is 11.8. The van der Waals surface area contributed by atoms with Gasteiger partial charge in [-0.3, -0.25) is 4.79 Å². The molecule has 1 aromatic rings. The summed E-state index contributed by atoms with van der Waals surface area (Å²) in [6.45, 7) is 2.02. The molecule has 1 aliphatic rings. The SMILES string of the molecule is C[C@H](CC(=O)O[C@@H]1CCC[C@H]1O)c1ccccc1. The van der Waals surface area contributed by atoms with Crippen LogP contribution in [0.4, 0.5) is 0 Å². The Balaban J connectivity index is 1.84. The van der Waals surface area contributed by atoms with Crippen LogP contribution in [0.15, 0.2) is 30.3 Å². The van der Waals surface area contributed by atoms with Gasteiger partial charge in [-0.1, -0.05) is 37.3 Å². The maximum atomic E-state index is 11.8. The fraction of sp³-hybridized carbons (Fsp3) is 0.533. The number of carbonyl (C=O) groups excluding carboxylic acids is 1. The van der Waals surface area contributed by atoms with E-state index in [-0.39, 0.29) is 18.0 Å². The van der Waals surface area contributed by atoms with E-state index in [4.69, 9.17) is 4.74 Å². The van der Waals surface area contributed by atoms with Gasteiger partial charge in [-0.25, -0.2) is 0 Å². The van der Waals surface area contributed by atoms with Gasteiger partial charge in [0.05, 0.1) is 12.5 Å². The molecule has 2 rings (SSSR count). The standard InChI is InChI=1S/C15H20O3/c1-11(12-6-3-2-4-7-12)10-15(17)18-14-9-5-8-13(14)16/h2-4,6-7,11,13-14,16H,5,8-10H2,1H3/t11-,13-,14-/m1/s1. The highest BCUT2D eigenvalue weighted by molar-refractivity contribution is 5.70. The van der Waals surface area contributed by atoms with E-state index in [2.05, 4.69) is 0 Å². The van der Waals surface area contributed by atoms with Crippen LogP contribution in [-0.2, 0) is 9.53 Å². The molecule has 0 saturated heterocycles. The zero-order valence-corrected chi connectivity index (χ0v) is 10.7. The number of esters is 1. The first-order chi connectivity index (χ1) is 8.66. The molecule has 0 heterocycles. The summed E-state index contributed by atoms with van der Waals surface area (Å²) in [6.07, 6.45) is 2.07. The predicted molar refractivity (Wildman–Crippen MR) is 69.2 cm³/mol. The third kappa shape index (κ3) is 3.33. The molecule has 3 heteroatoms. The quantitative estimate of drug-likeness (QED) is 0.833. The molecule has 0 amide bonds. The van der Waals surface area contributed by atoms with E-state index in [1.807, 2.05) is 37.3 Å². The van der Waals surface area contributed by atoms with Crippen LogP contribution < -0.4 is 0 Å². The first-order valence-corrected chi connectivity index (χ1v) is 6.59. The van der Waals surface area contributed by atoms with E-state index in [0.29, 0.717) is 6.42 Å². The van der Waals surface area contributed by atoms with Gasteiger partial charge in [-0.2, -0.15) is 0 Å². The summed E-state index contributed by atoms with van der Waals surface area (Å²) >= 11 is 0. The second-order valence-corrected chi connectivity index (χ2v) is 5.04. The van der Waals surface area contributed by atoms with Crippen molar-refractivity contribution in [3.8, 4) is 0 Å². The van der Waals surface area contributed by atoms with Gasteiger partial charge in [-0.15, -0.1) is 0 Å². The molecule has 0 unspecified atom stereocenters. The zero-order valence-electron chi connectivity index (χ0n) is 10.7. The van der Waals surface area contributed by atoms with Crippen LogP contribution in [0.1, 0.15) is 44.1 Å². The summed E-state index contributed by atoms with van der Waals surface area (Å²) in [7, 11) is 0. The predicted octanol–water partition coefficient (Wildman–Crippen LogP) is 2.64. The number of aliphatic hydroxyl groups is 1. The Bertz CT molecular complexity index is 388. The highest BCUT2D eigenvalue weighted by Crippen LogP contribution is 2.24. The van der Waals surface area contributed by atoms with Crippen molar-refractivity contribution in [1.29, 1.82) is 0 Å². The zero-order chi connectivity index (χ0) is 13.0. The number of aliphatic hydroxyl groups excluding tert-OH is 1. The number of carbonyl (C=O) groups is 1. The van der Waals surface area contributed by atoms with Gasteiger partial charge in [-0.05, 0) is 30.7 Å². The largest absolute Gasteiger partial charge is 0.460 e. The fourth-order valence-corrected chi connectivity index (χ4v) is 2.41. The van der Waals surface area contributed by atoms with E-state index in [1.165, 1.54) is 0 Å². The topological polar surface area (TPSA) is 46.5 Å². The minimum atomic E-state index is -0.471. The average Bonchev–Trinajstić information content (AvgIpc) is 2.76. The molecule has 1 aliphatic carbocycles. The second-order valence-electron chi connectivity index (χ2n) is 5.04.